The van der Waals surface area contributed by atoms with Crippen molar-refractivity contribution in [3.63, 3.8) is 0 Å². The SMILES string of the molecule is OCCCCc1nc(-c2cccs2)cs1. The van der Waals surface area contributed by atoms with Gasteiger partial charge < -0.3 is 5.11 Å². The minimum Gasteiger partial charge on any atom is -0.396 e. The molecule has 0 aromatic carbocycles. The monoisotopic (exact) mass is 239 g/mol. The van der Waals surface area contributed by atoms with Crippen LogP contribution in [0.5, 0.6) is 0 Å². The number of aryl methyl sites for hydroxylation is 1. The Morgan fingerprint density at radius 2 is 2.20 bits per heavy atom. The van der Waals surface area contributed by atoms with Crippen molar-refractivity contribution in [2.45, 2.75) is 19.3 Å². The average Bonchev–Trinajstić information content (AvgIpc) is 2.87. The number of thiophene rings is 1. The number of thiazole rings is 1. The second kappa shape index (κ2) is 5.39. The highest BCUT2D eigenvalue weighted by Crippen LogP contribution is 2.26. The molecule has 2 aromatic heterocycles. The summed E-state index contributed by atoms with van der Waals surface area (Å²) in [6.07, 6.45) is 2.87. The average molecular weight is 239 g/mol. The summed E-state index contributed by atoms with van der Waals surface area (Å²) in [5.41, 5.74) is 1.09. The first-order valence-corrected chi connectivity index (χ1v) is 6.75. The molecule has 0 amide bonds. The number of aromatic nitrogens is 1. The lowest BCUT2D eigenvalue weighted by molar-refractivity contribution is 0.284. The van der Waals surface area contributed by atoms with Crippen LogP contribution in [0.2, 0.25) is 0 Å². The topological polar surface area (TPSA) is 33.1 Å². The van der Waals surface area contributed by atoms with Crippen molar-refractivity contribution in [1.29, 1.82) is 0 Å². The van der Waals surface area contributed by atoms with Crippen molar-refractivity contribution in [3.8, 4) is 10.6 Å². The molecule has 15 heavy (non-hydrogen) atoms. The van der Waals surface area contributed by atoms with Gasteiger partial charge in [0.25, 0.3) is 0 Å². The van der Waals surface area contributed by atoms with Gasteiger partial charge in [-0.2, -0.15) is 0 Å². The van der Waals surface area contributed by atoms with Crippen LogP contribution in [-0.4, -0.2) is 16.7 Å². The van der Waals surface area contributed by atoms with Crippen LogP contribution in [0.4, 0.5) is 0 Å². The van der Waals surface area contributed by atoms with Gasteiger partial charge in [0.1, 0.15) is 0 Å². The van der Waals surface area contributed by atoms with Crippen molar-refractivity contribution in [2.75, 3.05) is 6.61 Å². The van der Waals surface area contributed by atoms with Gasteiger partial charge in [0, 0.05) is 12.0 Å². The number of nitrogens with zero attached hydrogens (tertiary/aromatic N) is 1. The molecular weight excluding hydrogens is 226 g/mol. The molecule has 0 spiro atoms. The summed E-state index contributed by atoms with van der Waals surface area (Å²) in [6, 6.07) is 4.14. The number of hydrogen-bond acceptors (Lipinski definition) is 4. The minimum atomic E-state index is 0.281. The van der Waals surface area contributed by atoms with E-state index in [-0.39, 0.29) is 6.61 Å². The zero-order valence-electron chi connectivity index (χ0n) is 8.35. The van der Waals surface area contributed by atoms with Gasteiger partial charge in [0.15, 0.2) is 0 Å². The van der Waals surface area contributed by atoms with Crippen molar-refractivity contribution in [2.24, 2.45) is 0 Å². The highest BCUT2D eigenvalue weighted by atomic mass is 32.1. The van der Waals surface area contributed by atoms with E-state index < -0.39 is 0 Å². The molecule has 0 atom stereocenters. The van der Waals surface area contributed by atoms with Crippen molar-refractivity contribution in [3.05, 3.63) is 27.9 Å². The Labute approximate surface area is 97.2 Å². The summed E-state index contributed by atoms with van der Waals surface area (Å²) in [7, 11) is 0. The normalized spacial score (nSPS) is 10.7. The highest BCUT2D eigenvalue weighted by molar-refractivity contribution is 7.14. The van der Waals surface area contributed by atoms with Crippen molar-refractivity contribution >= 4 is 22.7 Å². The summed E-state index contributed by atoms with van der Waals surface area (Å²) >= 11 is 3.43. The Morgan fingerprint density at radius 1 is 1.27 bits per heavy atom. The van der Waals surface area contributed by atoms with Gasteiger partial charge >= 0.3 is 0 Å². The molecule has 2 nitrogen and oxygen atoms in total. The number of aliphatic hydroxyl groups excluding tert-OH is 1. The van der Waals surface area contributed by atoms with Gasteiger partial charge in [-0.3, -0.25) is 0 Å². The predicted octanol–water partition coefficient (Wildman–Crippen LogP) is 3.19. The molecule has 0 aliphatic heterocycles. The van der Waals surface area contributed by atoms with Gasteiger partial charge in [0.2, 0.25) is 0 Å². The van der Waals surface area contributed by atoms with Gasteiger partial charge in [-0.25, -0.2) is 4.98 Å². The number of aliphatic hydroxyl groups is 1. The maximum Gasteiger partial charge on any atom is 0.0932 e. The third kappa shape index (κ3) is 2.87. The number of unbranched alkanes of at least 4 members (excludes halogenated alkanes) is 1. The second-order valence-electron chi connectivity index (χ2n) is 3.28. The highest BCUT2D eigenvalue weighted by Gasteiger charge is 2.04. The second-order valence-corrected chi connectivity index (χ2v) is 5.17. The summed E-state index contributed by atoms with van der Waals surface area (Å²) in [6.45, 7) is 0.281. The maximum absolute atomic E-state index is 8.68. The standard InChI is InChI=1S/C11H13NOS2/c13-6-2-1-5-11-12-9(8-15-11)10-4-3-7-14-10/h3-4,7-8,13H,1-2,5-6H2. The van der Waals surface area contributed by atoms with Gasteiger partial charge in [-0.05, 0) is 30.7 Å². The Bertz CT molecular complexity index is 394. The zero-order valence-corrected chi connectivity index (χ0v) is 9.98. The first-order chi connectivity index (χ1) is 7.40. The fourth-order valence-electron chi connectivity index (χ4n) is 1.35. The Balaban J connectivity index is 1.98. The quantitative estimate of drug-likeness (QED) is 0.813. The van der Waals surface area contributed by atoms with E-state index in [1.165, 1.54) is 9.88 Å². The minimum absolute atomic E-state index is 0.281. The Kier molecular flexibility index (Phi) is 3.88. The van der Waals surface area contributed by atoms with Crippen LogP contribution in [0, 0.1) is 0 Å². The lowest BCUT2D eigenvalue weighted by atomic mass is 10.2. The van der Waals surface area contributed by atoms with Crippen LogP contribution in [0.3, 0.4) is 0 Å². The van der Waals surface area contributed by atoms with Crippen molar-refractivity contribution in [1.82, 2.24) is 4.98 Å². The lowest BCUT2D eigenvalue weighted by Crippen LogP contribution is -1.87. The van der Waals surface area contributed by atoms with E-state index in [4.69, 9.17) is 5.11 Å². The van der Waals surface area contributed by atoms with Crippen LogP contribution in [0.1, 0.15) is 17.8 Å². The van der Waals surface area contributed by atoms with E-state index in [0.29, 0.717) is 0 Å². The summed E-state index contributed by atoms with van der Waals surface area (Å²) in [4.78, 5) is 5.81. The molecule has 0 bridgehead atoms. The smallest absolute Gasteiger partial charge is 0.0932 e. The Hall–Kier alpha value is -0.710. The molecule has 0 aliphatic carbocycles. The third-order valence-electron chi connectivity index (χ3n) is 2.12. The molecule has 2 aromatic rings. The molecule has 80 valence electrons. The number of hydrogen-bond donors (Lipinski definition) is 1. The molecule has 0 unspecified atom stereocenters. The van der Waals surface area contributed by atoms with Crippen LogP contribution in [0.25, 0.3) is 10.6 Å². The fourth-order valence-corrected chi connectivity index (χ4v) is 2.95. The van der Waals surface area contributed by atoms with E-state index in [1.807, 2.05) is 6.07 Å². The van der Waals surface area contributed by atoms with Crippen LogP contribution >= 0.6 is 22.7 Å². The first-order valence-electron chi connectivity index (χ1n) is 4.99. The fraction of sp³-hybridized carbons (Fsp3) is 0.364. The van der Waals surface area contributed by atoms with Gasteiger partial charge in [0.05, 0.1) is 15.6 Å². The summed E-state index contributed by atoms with van der Waals surface area (Å²) in [5.74, 6) is 0. The molecule has 2 heterocycles. The molecule has 0 radical (unpaired) electrons. The first kappa shape index (κ1) is 10.8. The van der Waals surface area contributed by atoms with Gasteiger partial charge in [-0.1, -0.05) is 6.07 Å². The largest absolute Gasteiger partial charge is 0.396 e. The maximum atomic E-state index is 8.68. The number of rotatable bonds is 5. The molecule has 2 rings (SSSR count). The molecule has 0 saturated heterocycles. The van der Waals surface area contributed by atoms with Crippen molar-refractivity contribution < 1.29 is 5.11 Å². The van der Waals surface area contributed by atoms with E-state index in [9.17, 15) is 0 Å². The zero-order chi connectivity index (χ0) is 10.5. The molecule has 1 N–H and O–H groups in total. The lowest BCUT2D eigenvalue weighted by Gasteiger charge is -1.93. The van der Waals surface area contributed by atoms with E-state index in [1.54, 1.807) is 22.7 Å². The van der Waals surface area contributed by atoms with E-state index in [0.717, 1.165) is 25.0 Å². The van der Waals surface area contributed by atoms with Crippen LogP contribution in [0.15, 0.2) is 22.9 Å². The molecule has 0 fully saturated rings. The predicted molar refractivity (Wildman–Crippen MR) is 65.5 cm³/mol. The molecule has 0 saturated carbocycles. The van der Waals surface area contributed by atoms with Gasteiger partial charge in [-0.15, -0.1) is 22.7 Å². The van der Waals surface area contributed by atoms with Crippen LogP contribution in [-0.2, 0) is 6.42 Å². The third-order valence-corrected chi connectivity index (χ3v) is 3.93. The van der Waals surface area contributed by atoms with E-state index in [2.05, 4.69) is 21.8 Å². The molecule has 4 heteroatoms. The molecule has 0 aliphatic rings. The Morgan fingerprint density at radius 3 is 2.93 bits per heavy atom. The summed E-state index contributed by atoms with van der Waals surface area (Å²) < 4.78 is 0. The summed E-state index contributed by atoms with van der Waals surface area (Å²) in [5, 5.41) is 14.0. The molecular formula is C11H13NOS2. The van der Waals surface area contributed by atoms with Crippen LogP contribution < -0.4 is 0 Å². The van der Waals surface area contributed by atoms with E-state index >= 15 is 0 Å².